The van der Waals surface area contributed by atoms with E-state index in [2.05, 4.69) is 42.7 Å². The lowest BCUT2D eigenvalue weighted by Crippen LogP contribution is -2.26. The Balaban J connectivity index is 1.96. The molecule has 0 radical (unpaired) electrons. The molecule has 1 unspecified atom stereocenters. The van der Waals surface area contributed by atoms with E-state index < -0.39 is 0 Å². The molecule has 0 spiro atoms. The fourth-order valence-electron chi connectivity index (χ4n) is 2.48. The number of carbonyl (C=O) groups is 1. The molecule has 1 aromatic heterocycles. The summed E-state index contributed by atoms with van der Waals surface area (Å²) in [6.07, 6.45) is 0. The summed E-state index contributed by atoms with van der Waals surface area (Å²) in [5, 5.41) is 6.37. The average Bonchev–Trinajstić information content (AvgIpc) is 2.90. The summed E-state index contributed by atoms with van der Waals surface area (Å²) in [7, 11) is 0. The second-order valence-corrected chi connectivity index (χ2v) is 6.35. The van der Waals surface area contributed by atoms with Crippen molar-refractivity contribution in [3.8, 4) is 5.75 Å². The third-order valence-corrected chi connectivity index (χ3v) is 4.49. The summed E-state index contributed by atoms with van der Waals surface area (Å²) in [4.78, 5) is 14.0. The van der Waals surface area contributed by atoms with Gasteiger partial charge in [-0.05, 0) is 43.3 Å². The van der Waals surface area contributed by atoms with Crippen molar-refractivity contribution in [2.75, 3.05) is 18.5 Å². The normalized spacial score (nSPS) is 15.0. The molecule has 4 nitrogen and oxygen atoms in total. The van der Waals surface area contributed by atoms with Crippen molar-refractivity contribution in [3.63, 3.8) is 0 Å². The molecule has 21 heavy (non-hydrogen) atoms. The van der Waals surface area contributed by atoms with Gasteiger partial charge in [0.25, 0.3) is 5.91 Å². The molecule has 0 saturated heterocycles. The highest BCUT2D eigenvalue weighted by atomic mass is 32.1. The number of fused-ring (bicyclic) bond motifs is 1. The van der Waals surface area contributed by atoms with Crippen LogP contribution in [0.4, 0.5) is 5.69 Å². The van der Waals surface area contributed by atoms with Crippen LogP contribution in [0.25, 0.3) is 0 Å². The van der Waals surface area contributed by atoms with Crippen LogP contribution in [0, 0.1) is 6.92 Å². The standard InChI is InChI=1S/C16H18N2O2S/c1-3-17-16(14-7-4-10(2)21-14)11-5-6-13-12(8-11)18-15(19)9-20-13/h4-8,16-17H,3,9H2,1-2H3,(H,18,19). The molecule has 1 amide bonds. The van der Waals surface area contributed by atoms with E-state index >= 15 is 0 Å². The Morgan fingerprint density at radius 3 is 2.95 bits per heavy atom. The van der Waals surface area contributed by atoms with Gasteiger partial charge < -0.3 is 15.4 Å². The van der Waals surface area contributed by atoms with Crippen LogP contribution in [0.1, 0.15) is 28.3 Å². The van der Waals surface area contributed by atoms with E-state index in [1.807, 2.05) is 12.1 Å². The van der Waals surface area contributed by atoms with Gasteiger partial charge in [-0.25, -0.2) is 0 Å². The Morgan fingerprint density at radius 1 is 1.38 bits per heavy atom. The van der Waals surface area contributed by atoms with Crippen LogP contribution < -0.4 is 15.4 Å². The number of hydrogen-bond donors (Lipinski definition) is 2. The van der Waals surface area contributed by atoms with Crippen LogP contribution in [-0.2, 0) is 4.79 Å². The van der Waals surface area contributed by atoms with Gasteiger partial charge in [-0.1, -0.05) is 13.0 Å². The van der Waals surface area contributed by atoms with Crippen LogP contribution in [0.5, 0.6) is 5.75 Å². The molecule has 0 aliphatic carbocycles. The van der Waals surface area contributed by atoms with E-state index in [9.17, 15) is 4.79 Å². The van der Waals surface area contributed by atoms with Crippen molar-refractivity contribution in [1.29, 1.82) is 0 Å². The van der Waals surface area contributed by atoms with E-state index in [0.29, 0.717) is 0 Å². The first-order chi connectivity index (χ1) is 10.2. The Bertz CT molecular complexity index is 666. The molecule has 2 N–H and O–H groups in total. The zero-order valence-electron chi connectivity index (χ0n) is 12.1. The van der Waals surface area contributed by atoms with Gasteiger partial charge in [0.2, 0.25) is 0 Å². The first-order valence-corrected chi connectivity index (χ1v) is 7.85. The van der Waals surface area contributed by atoms with Crippen LogP contribution in [0.3, 0.4) is 0 Å². The maximum atomic E-state index is 11.5. The number of anilines is 1. The minimum Gasteiger partial charge on any atom is -0.482 e. The molecule has 2 heterocycles. The first-order valence-electron chi connectivity index (χ1n) is 7.03. The average molecular weight is 302 g/mol. The highest BCUT2D eigenvalue weighted by Gasteiger charge is 2.20. The smallest absolute Gasteiger partial charge is 0.262 e. The molecule has 1 atom stereocenters. The molecule has 3 rings (SSSR count). The number of carbonyl (C=O) groups excluding carboxylic acids is 1. The summed E-state index contributed by atoms with van der Waals surface area (Å²) in [5.74, 6) is 0.627. The first kappa shape index (κ1) is 14.1. The van der Waals surface area contributed by atoms with Gasteiger partial charge in [0.15, 0.2) is 6.61 Å². The van der Waals surface area contributed by atoms with E-state index in [1.54, 1.807) is 11.3 Å². The number of ether oxygens (including phenoxy) is 1. The number of amides is 1. The van der Waals surface area contributed by atoms with Crippen LogP contribution in [0.15, 0.2) is 30.3 Å². The number of rotatable bonds is 4. The second kappa shape index (κ2) is 5.87. The fraction of sp³-hybridized carbons (Fsp3) is 0.312. The SMILES string of the molecule is CCNC(c1ccc2c(c1)NC(=O)CO2)c1ccc(C)s1. The van der Waals surface area contributed by atoms with Gasteiger partial charge in [0.1, 0.15) is 5.75 Å². The molecular formula is C16H18N2O2S. The summed E-state index contributed by atoms with van der Waals surface area (Å²) in [5.41, 5.74) is 1.88. The predicted octanol–water partition coefficient (Wildman–Crippen LogP) is 3.09. The Labute approximate surface area is 128 Å². The van der Waals surface area contributed by atoms with E-state index in [1.165, 1.54) is 9.75 Å². The number of thiophene rings is 1. The Kier molecular flexibility index (Phi) is 3.94. The molecule has 0 saturated carbocycles. The van der Waals surface area contributed by atoms with Gasteiger partial charge in [0.05, 0.1) is 11.7 Å². The maximum Gasteiger partial charge on any atom is 0.262 e. The molecule has 1 aromatic carbocycles. The van der Waals surface area contributed by atoms with Gasteiger partial charge >= 0.3 is 0 Å². The van der Waals surface area contributed by atoms with Gasteiger partial charge in [-0.15, -0.1) is 11.3 Å². The van der Waals surface area contributed by atoms with Crippen molar-refractivity contribution in [2.45, 2.75) is 19.9 Å². The lowest BCUT2D eigenvalue weighted by atomic mass is 10.0. The summed E-state index contributed by atoms with van der Waals surface area (Å²) >= 11 is 1.79. The van der Waals surface area contributed by atoms with Crippen LogP contribution in [0.2, 0.25) is 0 Å². The second-order valence-electron chi connectivity index (χ2n) is 5.03. The molecule has 0 fully saturated rings. The number of benzene rings is 1. The maximum absolute atomic E-state index is 11.5. The number of hydrogen-bond acceptors (Lipinski definition) is 4. The minimum absolute atomic E-state index is 0.0904. The number of nitrogens with one attached hydrogen (secondary N) is 2. The van der Waals surface area contributed by atoms with Crippen LogP contribution >= 0.6 is 11.3 Å². The van der Waals surface area contributed by atoms with Crippen molar-refractivity contribution in [3.05, 3.63) is 45.6 Å². The van der Waals surface area contributed by atoms with E-state index in [0.717, 1.165) is 23.5 Å². The largest absolute Gasteiger partial charge is 0.482 e. The van der Waals surface area contributed by atoms with Crippen LogP contribution in [-0.4, -0.2) is 19.1 Å². The minimum atomic E-state index is -0.105. The van der Waals surface area contributed by atoms with Crippen molar-refractivity contribution in [1.82, 2.24) is 5.32 Å². The molecule has 1 aliphatic heterocycles. The number of aryl methyl sites for hydroxylation is 1. The predicted molar refractivity (Wildman–Crippen MR) is 85.1 cm³/mol. The zero-order chi connectivity index (χ0) is 14.8. The third kappa shape index (κ3) is 2.94. The quantitative estimate of drug-likeness (QED) is 0.912. The summed E-state index contributed by atoms with van der Waals surface area (Å²) in [6.45, 7) is 5.17. The van der Waals surface area contributed by atoms with E-state index in [-0.39, 0.29) is 18.6 Å². The molecular weight excluding hydrogens is 284 g/mol. The fourth-order valence-corrected chi connectivity index (χ4v) is 3.46. The highest BCUT2D eigenvalue weighted by Crippen LogP contribution is 2.34. The molecule has 5 heteroatoms. The molecule has 1 aliphatic rings. The van der Waals surface area contributed by atoms with Gasteiger partial charge in [-0.2, -0.15) is 0 Å². The van der Waals surface area contributed by atoms with Crippen molar-refractivity contribution < 1.29 is 9.53 Å². The Hall–Kier alpha value is -1.85. The topological polar surface area (TPSA) is 50.4 Å². The van der Waals surface area contributed by atoms with Gasteiger partial charge in [0, 0.05) is 9.75 Å². The van der Waals surface area contributed by atoms with Crippen molar-refractivity contribution in [2.24, 2.45) is 0 Å². The summed E-state index contributed by atoms with van der Waals surface area (Å²) in [6, 6.07) is 10.4. The monoisotopic (exact) mass is 302 g/mol. The zero-order valence-corrected chi connectivity index (χ0v) is 12.9. The lowest BCUT2D eigenvalue weighted by Gasteiger charge is -2.22. The molecule has 2 aromatic rings. The molecule has 0 bridgehead atoms. The highest BCUT2D eigenvalue weighted by molar-refractivity contribution is 7.12. The molecule has 110 valence electrons. The van der Waals surface area contributed by atoms with E-state index in [4.69, 9.17) is 4.74 Å². The third-order valence-electron chi connectivity index (χ3n) is 3.42. The lowest BCUT2D eigenvalue weighted by molar-refractivity contribution is -0.118. The van der Waals surface area contributed by atoms with Gasteiger partial charge in [-0.3, -0.25) is 4.79 Å². The Morgan fingerprint density at radius 2 is 2.24 bits per heavy atom. The summed E-state index contributed by atoms with van der Waals surface area (Å²) < 4.78 is 5.41. The van der Waals surface area contributed by atoms with Crippen molar-refractivity contribution >= 4 is 22.9 Å².